The number of hydrogen-bond acceptors (Lipinski definition) is 6. The summed E-state index contributed by atoms with van der Waals surface area (Å²) in [6, 6.07) is 33.3. The Bertz CT molecular complexity index is 1440. The van der Waals surface area contributed by atoms with Gasteiger partial charge in [-0.25, -0.2) is 4.79 Å². The molecule has 0 spiro atoms. The minimum atomic E-state index is -0.933. The average Bonchev–Trinajstić information content (AvgIpc) is 3.10. The van der Waals surface area contributed by atoms with Crippen LogP contribution >= 0.6 is 0 Å². The lowest BCUT2D eigenvalue weighted by atomic mass is 10.0. The summed E-state index contributed by atoms with van der Waals surface area (Å²) in [5, 5.41) is 40.8. The molecule has 5 N–H and O–H groups in total. The number of carbonyl (C=O) groups is 1. The van der Waals surface area contributed by atoms with Crippen LogP contribution in [-0.4, -0.2) is 52.7 Å². The van der Waals surface area contributed by atoms with Gasteiger partial charge in [-0.2, -0.15) is 0 Å². The van der Waals surface area contributed by atoms with Crippen LogP contribution in [0.3, 0.4) is 0 Å². The molecule has 7 nitrogen and oxygen atoms in total. The predicted molar refractivity (Wildman–Crippen MR) is 189 cm³/mol. The fourth-order valence-corrected chi connectivity index (χ4v) is 4.97. The highest BCUT2D eigenvalue weighted by molar-refractivity contribution is 5.85. The van der Waals surface area contributed by atoms with Crippen molar-refractivity contribution in [3.8, 4) is 16.9 Å². The Kier molecular flexibility index (Phi) is 17.6. The number of phenols is 1. The number of benzene rings is 4. The van der Waals surface area contributed by atoms with E-state index in [2.05, 4.69) is 35.6 Å². The second-order valence-corrected chi connectivity index (χ2v) is 11.4. The van der Waals surface area contributed by atoms with Crippen molar-refractivity contribution < 1.29 is 30.0 Å². The lowest BCUT2D eigenvalue weighted by Gasteiger charge is -2.14. The number of hydrogen-bond donors (Lipinski definition) is 5. The molecule has 0 aliphatic carbocycles. The maximum atomic E-state index is 10.4. The number of aliphatic hydroxyl groups excluding tert-OH is 2. The molecule has 0 bridgehead atoms. The quantitative estimate of drug-likeness (QED) is 0.0531. The van der Waals surface area contributed by atoms with Gasteiger partial charge >= 0.3 is 5.97 Å². The van der Waals surface area contributed by atoms with Gasteiger partial charge in [0, 0.05) is 31.4 Å². The summed E-state index contributed by atoms with van der Waals surface area (Å²) in [4.78, 5) is 10.4. The van der Waals surface area contributed by atoms with E-state index in [-0.39, 0.29) is 12.4 Å². The Morgan fingerprint density at radius 3 is 2.09 bits per heavy atom. The SMILES string of the molecule is O=C(O)C=Cc1ccc(-c2ccccc2)cc1.OCc1cc(C(O)CNCCCCCCOCCCCc2ccccc2)ccc1O. The highest BCUT2D eigenvalue weighted by atomic mass is 16.5. The summed E-state index contributed by atoms with van der Waals surface area (Å²) in [7, 11) is 0. The van der Waals surface area contributed by atoms with E-state index in [1.54, 1.807) is 18.2 Å². The molecule has 4 aromatic rings. The topological polar surface area (TPSA) is 119 Å². The number of aliphatic carboxylic acids is 1. The second-order valence-electron chi connectivity index (χ2n) is 11.4. The highest BCUT2D eigenvalue weighted by Crippen LogP contribution is 2.22. The smallest absolute Gasteiger partial charge is 0.328 e. The molecule has 4 aromatic carbocycles. The van der Waals surface area contributed by atoms with Crippen molar-refractivity contribution >= 4 is 12.0 Å². The van der Waals surface area contributed by atoms with Crippen LogP contribution in [0.25, 0.3) is 17.2 Å². The molecule has 0 saturated carbocycles. The molecule has 4 rings (SSSR count). The van der Waals surface area contributed by atoms with Gasteiger partial charge < -0.3 is 30.5 Å². The van der Waals surface area contributed by atoms with Crippen LogP contribution in [-0.2, 0) is 22.6 Å². The minimum absolute atomic E-state index is 0.0533. The lowest BCUT2D eigenvalue weighted by Crippen LogP contribution is -2.22. The van der Waals surface area contributed by atoms with Gasteiger partial charge in [0.25, 0.3) is 0 Å². The van der Waals surface area contributed by atoms with Crippen molar-refractivity contribution in [2.75, 3.05) is 26.3 Å². The first-order chi connectivity index (χ1) is 23.0. The molecule has 1 atom stereocenters. The third-order valence-corrected chi connectivity index (χ3v) is 7.67. The van der Waals surface area contributed by atoms with Crippen LogP contribution in [0, 0.1) is 0 Å². The van der Waals surface area contributed by atoms with Gasteiger partial charge in [-0.15, -0.1) is 0 Å². The van der Waals surface area contributed by atoms with Gasteiger partial charge in [0.15, 0.2) is 0 Å². The molecular formula is C40H49NO6. The van der Waals surface area contributed by atoms with Crippen LogP contribution in [0.4, 0.5) is 0 Å². The third-order valence-electron chi connectivity index (χ3n) is 7.67. The molecule has 0 heterocycles. The van der Waals surface area contributed by atoms with E-state index in [9.17, 15) is 20.1 Å². The van der Waals surface area contributed by atoms with E-state index in [0.717, 1.165) is 81.0 Å². The summed E-state index contributed by atoms with van der Waals surface area (Å²) in [6.45, 7) is 2.77. The number of carboxylic acids is 1. The van der Waals surface area contributed by atoms with Gasteiger partial charge in [-0.3, -0.25) is 0 Å². The number of ether oxygens (including phenoxy) is 1. The molecule has 0 fully saturated rings. The van der Waals surface area contributed by atoms with E-state index in [4.69, 9.17) is 9.84 Å². The van der Waals surface area contributed by atoms with Gasteiger partial charge in [0.2, 0.25) is 0 Å². The molecule has 47 heavy (non-hydrogen) atoms. The van der Waals surface area contributed by atoms with E-state index >= 15 is 0 Å². The number of rotatable bonds is 19. The number of nitrogens with one attached hydrogen (secondary N) is 1. The molecule has 0 saturated heterocycles. The first-order valence-corrected chi connectivity index (χ1v) is 16.5. The largest absolute Gasteiger partial charge is 0.508 e. The average molecular weight is 640 g/mol. The van der Waals surface area contributed by atoms with Crippen molar-refractivity contribution in [3.05, 3.63) is 131 Å². The number of carboxylic acid groups (broad SMARTS) is 1. The van der Waals surface area contributed by atoms with Gasteiger partial charge in [-0.1, -0.05) is 104 Å². The number of aliphatic hydroxyl groups is 2. The first-order valence-electron chi connectivity index (χ1n) is 16.5. The summed E-state index contributed by atoms with van der Waals surface area (Å²) in [6.07, 6.45) is 9.96. The lowest BCUT2D eigenvalue weighted by molar-refractivity contribution is -0.131. The monoisotopic (exact) mass is 639 g/mol. The van der Waals surface area contributed by atoms with Crippen LogP contribution < -0.4 is 5.32 Å². The Labute approximate surface area is 279 Å². The van der Waals surface area contributed by atoms with Crippen molar-refractivity contribution in [2.45, 2.75) is 57.7 Å². The normalized spacial score (nSPS) is 11.6. The zero-order chi connectivity index (χ0) is 33.5. The van der Waals surface area contributed by atoms with Crippen LogP contribution in [0.5, 0.6) is 5.75 Å². The van der Waals surface area contributed by atoms with Crippen molar-refractivity contribution in [3.63, 3.8) is 0 Å². The molecule has 0 amide bonds. The Balaban J connectivity index is 0.000000297. The van der Waals surface area contributed by atoms with E-state index in [1.165, 1.54) is 18.1 Å². The number of aromatic hydroxyl groups is 1. The van der Waals surface area contributed by atoms with Gasteiger partial charge in [0.05, 0.1) is 12.7 Å². The summed E-state index contributed by atoms with van der Waals surface area (Å²) in [5.41, 5.74) is 5.69. The van der Waals surface area contributed by atoms with Crippen molar-refractivity contribution in [2.24, 2.45) is 0 Å². The van der Waals surface area contributed by atoms with Crippen LogP contribution in [0.2, 0.25) is 0 Å². The Morgan fingerprint density at radius 2 is 1.40 bits per heavy atom. The van der Waals surface area contributed by atoms with Crippen molar-refractivity contribution in [1.29, 1.82) is 0 Å². The fourth-order valence-electron chi connectivity index (χ4n) is 4.97. The summed E-state index contributed by atoms with van der Waals surface area (Å²) >= 11 is 0. The highest BCUT2D eigenvalue weighted by Gasteiger charge is 2.10. The summed E-state index contributed by atoms with van der Waals surface area (Å²) in [5.74, 6) is -0.880. The molecule has 0 aliphatic rings. The molecular weight excluding hydrogens is 590 g/mol. The zero-order valence-corrected chi connectivity index (χ0v) is 27.1. The maximum absolute atomic E-state index is 10.4. The van der Waals surface area contributed by atoms with E-state index < -0.39 is 12.1 Å². The summed E-state index contributed by atoms with van der Waals surface area (Å²) < 4.78 is 5.72. The van der Waals surface area contributed by atoms with E-state index in [0.29, 0.717) is 17.7 Å². The zero-order valence-electron chi connectivity index (χ0n) is 27.1. The van der Waals surface area contributed by atoms with Crippen molar-refractivity contribution in [1.82, 2.24) is 5.32 Å². The Morgan fingerprint density at radius 1 is 0.766 bits per heavy atom. The van der Waals surface area contributed by atoms with Gasteiger partial charge in [-0.05, 0) is 84.7 Å². The molecule has 7 heteroatoms. The van der Waals surface area contributed by atoms with E-state index in [1.807, 2.05) is 54.6 Å². The first kappa shape index (κ1) is 37.2. The third kappa shape index (κ3) is 15.2. The fraction of sp³-hybridized carbons (Fsp3) is 0.325. The second kappa shape index (κ2) is 22.3. The standard InChI is InChI=1S/C25H37NO4.C15H12O2/c27-20-23-18-22(13-14-24(23)28)25(29)19-26-15-7-1-2-8-16-30-17-9-6-12-21-10-4-3-5-11-21;16-15(17)11-8-12-6-9-14(10-7-12)13-4-2-1-3-5-13/h3-5,10-11,13-14,18,25-29H,1-2,6-9,12,15-17,19-20H2;1-11H,(H,16,17). The molecule has 0 radical (unpaired) electrons. The van der Waals surface area contributed by atoms with Crippen LogP contribution in [0.1, 0.15) is 66.9 Å². The van der Waals surface area contributed by atoms with Crippen LogP contribution in [0.15, 0.2) is 109 Å². The molecule has 0 aliphatic heterocycles. The van der Waals surface area contributed by atoms with Gasteiger partial charge in [0.1, 0.15) is 5.75 Å². The molecule has 0 aromatic heterocycles. The number of aryl methyl sites for hydroxylation is 1. The molecule has 250 valence electrons. The predicted octanol–water partition coefficient (Wildman–Crippen LogP) is 7.56. The Hall–Kier alpha value is -4.27. The number of unbranched alkanes of at least 4 members (excludes halogenated alkanes) is 4. The maximum Gasteiger partial charge on any atom is 0.328 e. The minimum Gasteiger partial charge on any atom is -0.508 e. The molecule has 1 unspecified atom stereocenters.